The molecule has 0 fully saturated rings. The third-order valence-corrected chi connectivity index (χ3v) is 3.17. The number of hydrogen-bond acceptors (Lipinski definition) is 4. The van der Waals surface area contributed by atoms with Gasteiger partial charge in [-0.2, -0.15) is 8.78 Å². The summed E-state index contributed by atoms with van der Waals surface area (Å²) in [6.07, 6.45) is -0.681. The molecule has 5 nitrogen and oxygen atoms in total. The maximum Gasteiger partial charge on any atom is 0.345 e. The van der Waals surface area contributed by atoms with E-state index in [9.17, 15) is 18.7 Å². The minimum absolute atomic E-state index is 0.0254. The van der Waals surface area contributed by atoms with Gasteiger partial charge in [0.2, 0.25) is 0 Å². The Morgan fingerprint density at radius 1 is 1.12 bits per heavy atom. The lowest BCUT2D eigenvalue weighted by Gasteiger charge is -2.16. The minimum atomic E-state index is -2.89. The molecule has 1 unspecified atom stereocenters. The van der Waals surface area contributed by atoms with Gasteiger partial charge in [-0.15, -0.1) is 0 Å². The number of carbonyl (C=O) groups is 1. The predicted molar refractivity (Wildman–Crippen MR) is 86.2 cm³/mol. The maximum atomic E-state index is 12.1. The summed E-state index contributed by atoms with van der Waals surface area (Å²) in [5.41, 5.74) is 0.895. The van der Waals surface area contributed by atoms with Gasteiger partial charge in [-0.1, -0.05) is 30.3 Å². The molecule has 2 aromatic carbocycles. The second kappa shape index (κ2) is 8.98. The van der Waals surface area contributed by atoms with Crippen LogP contribution in [0, 0.1) is 0 Å². The Balaban J connectivity index is 2.08. The highest BCUT2D eigenvalue weighted by atomic mass is 19.3. The number of benzene rings is 2. The molecule has 0 amide bonds. The van der Waals surface area contributed by atoms with Gasteiger partial charge in [0.25, 0.3) is 0 Å². The Bertz CT molecular complexity index is 691. The van der Waals surface area contributed by atoms with Crippen LogP contribution in [0.5, 0.6) is 11.5 Å². The van der Waals surface area contributed by atoms with Crippen LogP contribution >= 0.6 is 0 Å². The summed E-state index contributed by atoms with van der Waals surface area (Å²) in [6, 6.07) is 13.5. The van der Waals surface area contributed by atoms with Crippen LogP contribution in [-0.4, -0.2) is 30.4 Å². The second-order valence-corrected chi connectivity index (χ2v) is 5.29. The molecule has 0 bridgehead atoms. The van der Waals surface area contributed by atoms with Crippen LogP contribution in [0.15, 0.2) is 48.5 Å². The van der Waals surface area contributed by atoms with Crippen molar-refractivity contribution in [2.45, 2.75) is 26.2 Å². The number of halogens is 2. The van der Waals surface area contributed by atoms with Gasteiger partial charge < -0.3 is 19.3 Å². The van der Waals surface area contributed by atoms with Crippen LogP contribution in [0.3, 0.4) is 0 Å². The fourth-order valence-corrected chi connectivity index (χ4v) is 2.06. The minimum Gasteiger partial charge on any atom is -0.489 e. The SMILES string of the molecule is CC(COC(F)F)Oc1cc(OCc2ccccc2)cc(C(=O)O)c1. The van der Waals surface area contributed by atoms with E-state index < -0.39 is 18.7 Å². The molecule has 0 saturated heterocycles. The molecule has 2 rings (SSSR count). The zero-order valence-corrected chi connectivity index (χ0v) is 13.5. The molecule has 0 aliphatic carbocycles. The number of aromatic carboxylic acids is 1. The highest BCUT2D eigenvalue weighted by Gasteiger charge is 2.13. The van der Waals surface area contributed by atoms with Crippen molar-refractivity contribution in [1.29, 1.82) is 0 Å². The van der Waals surface area contributed by atoms with Gasteiger partial charge in [0.1, 0.15) is 24.2 Å². The number of carboxylic acids is 1. The van der Waals surface area contributed by atoms with Gasteiger partial charge in [0.15, 0.2) is 0 Å². The second-order valence-electron chi connectivity index (χ2n) is 5.29. The lowest BCUT2D eigenvalue weighted by Crippen LogP contribution is -2.21. The zero-order valence-electron chi connectivity index (χ0n) is 13.5. The quantitative estimate of drug-likeness (QED) is 0.740. The largest absolute Gasteiger partial charge is 0.489 e. The fourth-order valence-electron chi connectivity index (χ4n) is 2.06. The van der Waals surface area contributed by atoms with E-state index in [1.807, 2.05) is 30.3 Å². The molecule has 0 saturated carbocycles. The lowest BCUT2D eigenvalue weighted by atomic mass is 10.2. The molecule has 134 valence electrons. The molecule has 0 radical (unpaired) electrons. The third-order valence-electron chi connectivity index (χ3n) is 3.17. The molecule has 0 aromatic heterocycles. The number of alkyl halides is 2. The van der Waals surface area contributed by atoms with E-state index in [4.69, 9.17) is 9.47 Å². The summed E-state index contributed by atoms with van der Waals surface area (Å²) in [5.74, 6) is -0.638. The molecule has 25 heavy (non-hydrogen) atoms. The van der Waals surface area contributed by atoms with Crippen molar-refractivity contribution in [2.24, 2.45) is 0 Å². The Hall–Kier alpha value is -2.67. The highest BCUT2D eigenvalue weighted by Crippen LogP contribution is 2.25. The predicted octanol–water partition coefficient (Wildman–Crippen LogP) is 3.97. The number of rotatable bonds is 9. The van der Waals surface area contributed by atoms with Crippen LogP contribution in [0.2, 0.25) is 0 Å². The number of ether oxygens (including phenoxy) is 3. The Morgan fingerprint density at radius 2 is 1.80 bits per heavy atom. The first-order valence-corrected chi connectivity index (χ1v) is 7.55. The molecule has 0 spiro atoms. The van der Waals surface area contributed by atoms with E-state index in [1.54, 1.807) is 6.92 Å². The van der Waals surface area contributed by atoms with Crippen LogP contribution < -0.4 is 9.47 Å². The molecule has 1 N–H and O–H groups in total. The van der Waals surface area contributed by atoms with Gasteiger partial charge in [-0.3, -0.25) is 0 Å². The van der Waals surface area contributed by atoms with Crippen LogP contribution in [-0.2, 0) is 11.3 Å². The van der Waals surface area contributed by atoms with E-state index >= 15 is 0 Å². The lowest BCUT2D eigenvalue weighted by molar-refractivity contribution is -0.142. The Kier molecular flexibility index (Phi) is 6.71. The zero-order chi connectivity index (χ0) is 18.2. The molecule has 1 atom stereocenters. The van der Waals surface area contributed by atoms with Crippen LogP contribution in [0.4, 0.5) is 8.78 Å². The number of carboxylic acid groups (broad SMARTS) is 1. The summed E-state index contributed by atoms with van der Waals surface area (Å²) in [5, 5.41) is 9.19. The summed E-state index contributed by atoms with van der Waals surface area (Å²) < 4.78 is 39.3. The topological polar surface area (TPSA) is 65.0 Å². The summed E-state index contributed by atoms with van der Waals surface area (Å²) in [4.78, 5) is 11.2. The molecule has 7 heteroatoms. The monoisotopic (exact) mass is 352 g/mol. The van der Waals surface area contributed by atoms with Crippen molar-refractivity contribution in [3.63, 3.8) is 0 Å². The highest BCUT2D eigenvalue weighted by molar-refractivity contribution is 5.88. The first kappa shape index (κ1) is 18.7. The van der Waals surface area contributed by atoms with Gasteiger partial charge in [0.05, 0.1) is 12.2 Å². The van der Waals surface area contributed by atoms with Crippen molar-refractivity contribution >= 4 is 5.97 Å². The van der Waals surface area contributed by atoms with E-state index in [0.717, 1.165) is 5.56 Å². The van der Waals surface area contributed by atoms with Crippen molar-refractivity contribution in [2.75, 3.05) is 6.61 Å². The third kappa shape index (κ3) is 6.39. The van der Waals surface area contributed by atoms with Gasteiger partial charge in [-0.05, 0) is 24.6 Å². The first-order valence-electron chi connectivity index (χ1n) is 7.55. The van der Waals surface area contributed by atoms with E-state index in [2.05, 4.69) is 4.74 Å². The van der Waals surface area contributed by atoms with E-state index in [-0.39, 0.29) is 24.5 Å². The van der Waals surface area contributed by atoms with Crippen molar-refractivity contribution in [3.05, 3.63) is 59.7 Å². The molecule has 0 aliphatic heterocycles. The van der Waals surface area contributed by atoms with Crippen LogP contribution in [0.25, 0.3) is 0 Å². The Morgan fingerprint density at radius 3 is 2.44 bits per heavy atom. The maximum absolute atomic E-state index is 12.1. The average molecular weight is 352 g/mol. The van der Waals surface area contributed by atoms with Crippen molar-refractivity contribution in [1.82, 2.24) is 0 Å². The molecular weight excluding hydrogens is 334 g/mol. The number of hydrogen-bond donors (Lipinski definition) is 1. The van der Waals surface area contributed by atoms with Crippen LogP contribution in [0.1, 0.15) is 22.8 Å². The smallest absolute Gasteiger partial charge is 0.345 e. The van der Waals surface area contributed by atoms with Gasteiger partial charge >= 0.3 is 12.6 Å². The molecule has 0 heterocycles. The summed E-state index contributed by atoms with van der Waals surface area (Å²) >= 11 is 0. The van der Waals surface area contributed by atoms with Crippen molar-refractivity contribution < 1.29 is 32.9 Å². The first-order chi connectivity index (χ1) is 11.9. The van der Waals surface area contributed by atoms with Crippen molar-refractivity contribution in [3.8, 4) is 11.5 Å². The van der Waals surface area contributed by atoms with E-state index in [0.29, 0.717) is 5.75 Å². The van der Waals surface area contributed by atoms with Gasteiger partial charge in [0, 0.05) is 6.07 Å². The summed E-state index contributed by atoms with van der Waals surface area (Å²) in [6.45, 7) is -1.41. The van der Waals surface area contributed by atoms with Gasteiger partial charge in [-0.25, -0.2) is 4.79 Å². The average Bonchev–Trinajstić information content (AvgIpc) is 2.59. The molecule has 2 aromatic rings. The molecular formula is C18H18F2O5. The standard InChI is InChI=1S/C18H18F2O5/c1-12(10-24-18(19)20)25-16-8-14(17(21)22)7-15(9-16)23-11-13-5-3-2-4-6-13/h2-9,12,18H,10-11H2,1H3,(H,21,22). The Labute approximate surface area is 143 Å². The summed E-state index contributed by atoms with van der Waals surface area (Å²) in [7, 11) is 0. The molecule has 0 aliphatic rings. The van der Waals surface area contributed by atoms with E-state index in [1.165, 1.54) is 18.2 Å². The normalized spacial score (nSPS) is 12.0. The fraction of sp³-hybridized carbons (Fsp3) is 0.278.